The van der Waals surface area contributed by atoms with E-state index in [1.54, 1.807) is 0 Å². The molecule has 0 fully saturated rings. The second kappa shape index (κ2) is 5.40. The maximum Gasteiger partial charge on any atom is 0.195 e. The van der Waals surface area contributed by atoms with Crippen LogP contribution in [0.2, 0.25) is 0 Å². The third-order valence-electron chi connectivity index (χ3n) is 2.73. The SMILES string of the molecule is O=C(Cc1c(F)cccc1F)c1ccc(F)c(F)c1F. The van der Waals surface area contributed by atoms with Gasteiger partial charge in [-0.3, -0.25) is 4.79 Å². The first-order valence-corrected chi connectivity index (χ1v) is 5.51. The summed E-state index contributed by atoms with van der Waals surface area (Å²) in [6.07, 6.45) is -0.791. The van der Waals surface area contributed by atoms with Gasteiger partial charge in [-0.15, -0.1) is 0 Å². The van der Waals surface area contributed by atoms with Gasteiger partial charge in [-0.05, 0) is 24.3 Å². The fourth-order valence-electron chi connectivity index (χ4n) is 1.70. The summed E-state index contributed by atoms with van der Waals surface area (Å²) in [7, 11) is 0. The first-order valence-electron chi connectivity index (χ1n) is 5.51. The lowest BCUT2D eigenvalue weighted by Gasteiger charge is -2.06. The number of rotatable bonds is 3. The van der Waals surface area contributed by atoms with Gasteiger partial charge in [0.1, 0.15) is 11.6 Å². The first-order chi connectivity index (χ1) is 9.41. The van der Waals surface area contributed by atoms with Crippen molar-refractivity contribution in [2.24, 2.45) is 0 Å². The van der Waals surface area contributed by atoms with Crippen LogP contribution in [0.4, 0.5) is 22.0 Å². The zero-order valence-electron chi connectivity index (χ0n) is 9.89. The highest BCUT2D eigenvalue weighted by atomic mass is 19.2. The van der Waals surface area contributed by atoms with E-state index in [4.69, 9.17) is 0 Å². The predicted octanol–water partition coefficient (Wildman–Crippen LogP) is 3.81. The average Bonchev–Trinajstić information content (AvgIpc) is 2.40. The number of benzene rings is 2. The van der Waals surface area contributed by atoms with Gasteiger partial charge in [0.15, 0.2) is 23.2 Å². The van der Waals surface area contributed by atoms with Gasteiger partial charge in [0.25, 0.3) is 0 Å². The Hall–Kier alpha value is -2.24. The van der Waals surface area contributed by atoms with E-state index in [2.05, 4.69) is 0 Å². The Labute approximate surface area is 110 Å². The van der Waals surface area contributed by atoms with Crippen molar-refractivity contribution in [2.75, 3.05) is 0 Å². The second-order valence-electron chi connectivity index (χ2n) is 4.02. The Morgan fingerprint density at radius 1 is 0.800 bits per heavy atom. The van der Waals surface area contributed by atoms with Crippen molar-refractivity contribution < 1.29 is 26.7 Å². The molecule has 0 saturated heterocycles. The number of carbonyl (C=O) groups excluding carboxylic acids is 1. The number of Topliss-reactive ketones (excluding diaryl/α,β-unsaturated/α-hetero) is 1. The summed E-state index contributed by atoms with van der Waals surface area (Å²) < 4.78 is 65.8. The third kappa shape index (κ3) is 2.54. The van der Waals surface area contributed by atoms with Crippen LogP contribution in [-0.2, 0) is 6.42 Å². The Morgan fingerprint density at radius 2 is 1.40 bits per heavy atom. The number of halogens is 5. The van der Waals surface area contributed by atoms with Crippen LogP contribution in [0, 0.1) is 29.1 Å². The number of carbonyl (C=O) groups is 1. The van der Waals surface area contributed by atoms with Crippen molar-refractivity contribution in [3.8, 4) is 0 Å². The van der Waals surface area contributed by atoms with Crippen molar-refractivity contribution >= 4 is 5.78 Å². The lowest BCUT2D eigenvalue weighted by Crippen LogP contribution is -2.11. The maximum atomic E-state index is 13.4. The van der Waals surface area contributed by atoms with E-state index in [-0.39, 0.29) is 0 Å². The van der Waals surface area contributed by atoms with Crippen molar-refractivity contribution in [3.05, 3.63) is 70.5 Å². The van der Waals surface area contributed by atoms with E-state index in [0.717, 1.165) is 24.3 Å². The minimum absolute atomic E-state index is 0.554. The summed E-state index contributed by atoms with van der Waals surface area (Å²) >= 11 is 0. The summed E-state index contributed by atoms with van der Waals surface area (Å²) in [6, 6.07) is 4.29. The zero-order chi connectivity index (χ0) is 14.9. The van der Waals surface area contributed by atoms with Crippen LogP contribution in [0.15, 0.2) is 30.3 Å². The van der Waals surface area contributed by atoms with E-state index in [1.807, 2.05) is 0 Å². The molecule has 0 aromatic heterocycles. The lowest BCUT2D eigenvalue weighted by atomic mass is 10.0. The molecule has 0 heterocycles. The van der Waals surface area contributed by atoms with Crippen LogP contribution in [0.5, 0.6) is 0 Å². The van der Waals surface area contributed by atoms with Gasteiger partial charge >= 0.3 is 0 Å². The predicted molar refractivity (Wildman–Crippen MR) is 60.7 cm³/mol. The number of hydrogen-bond donors (Lipinski definition) is 0. The topological polar surface area (TPSA) is 17.1 Å². The minimum atomic E-state index is -1.80. The van der Waals surface area contributed by atoms with Gasteiger partial charge in [-0.25, -0.2) is 22.0 Å². The van der Waals surface area contributed by atoms with Crippen molar-refractivity contribution in [3.63, 3.8) is 0 Å². The third-order valence-corrected chi connectivity index (χ3v) is 2.73. The molecule has 0 N–H and O–H groups in total. The molecule has 0 radical (unpaired) electrons. The highest BCUT2D eigenvalue weighted by Gasteiger charge is 2.21. The molecule has 0 amide bonds. The summed E-state index contributed by atoms with van der Waals surface area (Å²) in [6.45, 7) is 0. The van der Waals surface area contributed by atoms with E-state index in [1.165, 1.54) is 0 Å². The molecule has 0 aliphatic carbocycles. The van der Waals surface area contributed by atoms with Crippen LogP contribution in [0.1, 0.15) is 15.9 Å². The van der Waals surface area contributed by atoms with Gasteiger partial charge in [-0.2, -0.15) is 0 Å². The van der Waals surface area contributed by atoms with Gasteiger partial charge in [0.05, 0.1) is 5.56 Å². The molecular weight excluding hydrogens is 279 g/mol. The maximum absolute atomic E-state index is 13.4. The number of hydrogen-bond acceptors (Lipinski definition) is 1. The van der Waals surface area contributed by atoms with Crippen LogP contribution in [0.25, 0.3) is 0 Å². The van der Waals surface area contributed by atoms with E-state index in [0.29, 0.717) is 6.07 Å². The summed E-state index contributed by atoms with van der Waals surface area (Å²) in [5.74, 6) is -7.92. The molecule has 0 unspecified atom stereocenters. The zero-order valence-corrected chi connectivity index (χ0v) is 9.89. The molecule has 0 bridgehead atoms. The Balaban J connectivity index is 2.36. The smallest absolute Gasteiger partial charge is 0.195 e. The average molecular weight is 286 g/mol. The van der Waals surface area contributed by atoms with Crippen molar-refractivity contribution in [1.82, 2.24) is 0 Å². The molecule has 1 nitrogen and oxygen atoms in total. The standard InChI is InChI=1S/C14H7F5O/c15-9-2-1-3-10(16)8(9)6-12(20)7-4-5-11(17)14(19)13(7)18/h1-5H,6H2. The van der Waals surface area contributed by atoms with E-state index in [9.17, 15) is 26.7 Å². The molecule has 0 spiro atoms. The van der Waals surface area contributed by atoms with Crippen LogP contribution in [-0.4, -0.2) is 5.78 Å². The summed E-state index contributed by atoms with van der Waals surface area (Å²) in [5, 5.41) is 0. The first kappa shape index (κ1) is 14.2. The monoisotopic (exact) mass is 286 g/mol. The highest BCUT2D eigenvalue weighted by Crippen LogP contribution is 2.19. The molecule has 104 valence electrons. The van der Waals surface area contributed by atoms with Gasteiger partial charge in [0, 0.05) is 12.0 Å². The number of ketones is 1. The van der Waals surface area contributed by atoms with Crippen LogP contribution in [0.3, 0.4) is 0 Å². The van der Waals surface area contributed by atoms with Gasteiger partial charge in [0.2, 0.25) is 0 Å². The molecule has 2 aromatic carbocycles. The molecule has 2 aromatic rings. The van der Waals surface area contributed by atoms with E-state index >= 15 is 0 Å². The minimum Gasteiger partial charge on any atom is -0.294 e. The largest absolute Gasteiger partial charge is 0.294 e. The molecule has 2 rings (SSSR count). The molecule has 20 heavy (non-hydrogen) atoms. The highest BCUT2D eigenvalue weighted by molar-refractivity contribution is 5.97. The molecule has 6 heteroatoms. The summed E-state index contributed by atoms with van der Waals surface area (Å²) in [5.41, 5.74) is -1.31. The fourth-order valence-corrected chi connectivity index (χ4v) is 1.70. The Kier molecular flexibility index (Phi) is 3.83. The molecule has 0 atom stereocenters. The van der Waals surface area contributed by atoms with Gasteiger partial charge < -0.3 is 0 Å². The lowest BCUT2D eigenvalue weighted by molar-refractivity contribution is 0.0985. The van der Waals surface area contributed by atoms with E-state index < -0.39 is 52.4 Å². The van der Waals surface area contributed by atoms with Crippen LogP contribution >= 0.6 is 0 Å². The quantitative estimate of drug-likeness (QED) is 0.476. The summed E-state index contributed by atoms with van der Waals surface area (Å²) in [4.78, 5) is 11.7. The van der Waals surface area contributed by atoms with Crippen molar-refractivity contribution in [2.45, 2.75) is 6.42 Å². The second-order valence-corrected chi connectivity index (χ2v) is 4.02. The Bertz CT molecular complexity index is 661. The molecule has 0 aliphatic rings. The van der Waals surface area contributed by atoms with Crippen molar-refractivity contribution in [1.29, 1.82) is 0 Å². The molecular formula is C14H7F5O. The molecule has 0 saturated carbocycles. The van der Waals surface area contributed by atoms with Gasteiger partial charge in [-0.1, -0.05) is 6.07 Å². The fraction of sp³-hybridized carbons (Fsp3) is 0.0714. The Morgan fingerprint density at radius 3 is 2.00 bits per heavy atom. The van der Waals surface area contributed by atoms with Crippen LogP contribution < -0.4 is 0 Å². The normalized spacial score (nSPS) is 10.7. The molecule has 0 aliphatic heterocycles.